The van der Waals surface area contributed by atoms with E-state index in [0.29, 0.717) is 6.04 Å². The molecule has 1 unspecified atom stereocenters. The second-order valence-corrected chi connectivity index (χ2v) is 4.80. The number of hydrogen-bond acceptors (Lipinski definition) is 1. The molecule has 0 aliphatic rings. The molecule has 0 radical (unpaired) electrons. The molecule has 1 aromatic carbocycles. The maximum atomic E-state index is 3.37. The van der Waals surface area contributed by atoms with Gasteiger partial charge in [-0.3, -0.25) is 0 Å². The van der Waals surface area contributed by atoms with Crippen LogP contribution < -0.4 is 5.32 Å². The van der Waals surface area contributed by atoms with E-state index in [1.807, 2.05) is 0 Å². The van der Waals surface area contributed by atoms with Gasteiger partial charge in [0.1, 0.15) is 0 Å². The Balaban J connectivity index is 2.70. The summed E-state index contributed by atoms with van der Waals surface area (Å²) in [5, 5.41) is 3.37. The fourth-order valence-electron chi connectivity index (χ4n) is 2.17. The minimum absolute atomic E-state index is 0.654. The molecule has 0 aliphatic heterocycles. The zero-order valence-corrected chi connectivity index (χ0v) is 11.4. The summed E-state index contributed by atoms with van der Waals surface area (Å²) >= 11 is 0. The van der Waals surface area contributed by atoms with E-state index in [4.69, 9.17) is 0 Å². The number of benzene rings is 1. The third-order valence-corrected chi connectivity index (χ3v) is 3.62. The SMILES string of the molecule is CCC(CCc1cc(C)c(C)cc1C)NC. The molecule has 1 rings (SSSR count). The average Bonchev–Trinajstić information content (AvgIpc) is 2.26. The van der Waals surface area contributed by atoms with Crippen LogP contribution in [0.5, 0.6) is 0 Å². The highest BCUT2D eigenvalue weighted by Gasteiger charge is 2.06. The summed E-state index contributed by atoms with van der Waals surface area (Å²) in [7, 11) is 2.06. The van der Waals surface area contributed by atoms with Crippen LogP contribution in [0.2, 0.25) is 0 Å². The first-order chi connectivity index (χ1) is 7.58. The van der Waals surface area contributed by atoms with Crippen molar-refractivity contribution < 1.29 is 0 Å². The summed E-state index contributed by atoms with van der Waals surface area (Å²) in [6.45, 7) is 8.86. The maximum absolute atomic E-state index is 3.37. The molecule has 1 aromatic rings. The van der Waals surface area contributed by atoms with Crippen molar-refractivity contribution >= 4 is 0 Å². The van der Waals surface area contributed by atoms with E-state index >= 15 is 0 Å². The summed E-state index contributed by atoms with van der Waals surface area (Å²) < 4.78 is 0. The Morgan fingerprint density at radius 2 is 1.69 bits per heavy atom. The van der Waals surface area contributed by atoms with Gasteiger partial charge in [0, 0.05) is 6.04 Å². The van der Waals surface area contributed by atoms with Crippen molar-refractivity contribution in [3.8, 4) is 0 Å². The van der Waals surface area contributed by atoms with Gasteiger partial charge in [-0.1, -0.05) is 19.1 Å². The normalized spacial score (nSPS) is 12.8. The molecule has 0 saturated carbocycles. The summed E-state index contributed by atoms with van der Waals surface area (Å²) in [5.41, 5.74) is 5.77. The molecule has 16 heavy (non-hydrogen) atoms. The fraction of sp³-hybridized carbons (Fsp3) is 0.600. The second kappa shape index (κ2) is 6.05. The van der Waals surface area contributed by atoms with Crippen LogP contribution in [0.3, 0.4) is 0 Å². The van der Waals surface area contributed by atoms with Crippen molar-refractivity contribution in [2.24, 2.45) is 0 Å². The van der Waals surface area contributed by atoms with Crippen molar-refractivity contribution in [1.29, 1.82) is 0 Å². The van der Waals surface area contributed by atoms with Crippen LogP contribution >= 0.6 is 0 Å². The molecule has 0 aromatic heterocycles. The van der Waals surface area contributed by atoms with E-state index in [2.05, 4.69) is 52.2 Å². The lowest BCUT2D eigenvalue weighted by Crippen LogP contribution is -2.24. The summed E-state index contributed by atoms with van der Waals surface area (Å²) in [5.74, 6) is 0. The van der Waals surface area contributed by atoms with Gasteiger partial charge in [0.05, 0.1) is 0 Å². The molecule has 0 bridgehead atoms. The van der Waals surface area contributed by atoms with Crippen molar-refractivity contribution in [3.63, 3.8) is 0 Å². The molecule has 0 heterocycles. The zero-order valence-electron chi connectivity index (χ0n) is 11.4. The number of hydrogen-bond donors (Lipinski definition) is 1. The van der Waals surface area contributed by atoms with Gasteiger partial charge < -0.3 is 5.32 Å². The first-order valence-corrected chi connectivity index (χ1v) is 6.32. The Kier molecular flexibility index (Phi) is 5.01. The predicted molar refractivity (Wildman–Crippen MR) is 72.1 cm³/mol. The van der Waals surface area contributed by atoms with E-state index in [-0.39, 0.29) is 0 Å². The van der Waals surface area contributed by atoms with E-state index in [1.165, 1.54) is 41.5 Å². The standard InChI is InChI=1S/C15H25N/c1-6-15(16-5)8-7-14-10-12(3)11(2)9-13(14)4/h9-10,15-16H,6-8H2,1-5H3. The van der Waals surface area contributed by atoms with Gasteiger partial charge in [-0.25, -0.2) is 0 Å². The molecule has 0 spiro atoms. The van der Waals surface area contributed by atoms with Crippen LogP contribution in [0, 0.1) is 20.8 Å². The lowest BCUT2D eigenvalue weighted by molar-refractivity contribution is 0.508. The molecule has 1 nitrogen and oxygen atoms in total. The van der Waals surface area contributed by atoms with E-state index in [1.54, 1.807) is 0 Å². The predicted octanol–water partition coefficient (Wildman–Crippen LogP) is 3.54. The molecular weight excluding hydrogens is 194 g/mol. The van der Waals surface area contributed by atoms with Gasteiger partial charge in [-0.05, 0) is 69.3 Å². The third kappa shape index (κ3) is 3.34. The highest BCUT2D eigenvalue weighted by molar-refractivity contribution is 5.36. The molecule has 0 aliphatic carbocycles. The van der Waals surface area contributed by atoms with Crippen LogP contribution in [0.1, 0.15) is 42.0 Å². The van der Waals surface area contributed by atoms with E-state index < -0.39 is 0 Å². The largest absolute Gasteiger partial charge is 0.317 e. The smallest absolute Gasteiger partial charge is 0.00646 e. The number of aryl methyl sites for hydroxylation is 4. The Labute approximate surface area is 100 Å². The van der Waals surface area contributed by atoms with E-state index in [0.717, 1.165) is 0 Å². The number of rotatable bonds is 5. The van der Waals surface area contributed by atoms with Gasteiger partial charge in [0.2, 0.25) is 0 Å². The molecule has 0 amide bonds. The first kappa shape index (κ1) is 13.2. The van der Waals surface area contributed by atoms with Crippen molar-refractivity contribution in [2.45, 2.75) is 53.0 Å². The highest BCUT2D eigenvalue weighted by Crippen LogP contribution is 2.17. The van der Waals surface area contributed by atoms with Gasteiger partial charge in [0.25, 0.3) is 0 Å². The lowest BCUT2D eigenvalue weighted by atomic mass is 9.96. The Bertz CT molecular complexity index is 338. The molecule has 1 heteroatoms. The monoisotopic (exact) mass is 219 g/mol. The fourth-order valence-corrected chi connectivity index (χ4v) is 2.17. The van der Waals surface area contributed by atoms with Gasteiger partial charge in [-0.15, -0.1) is 0 Å². The summed E-state index contributed by atoms with van der Waals surface area (Å²) in [6.07, 6.45) is 3.63. The third-order valence-electron chi connectivity index (χ3n) is 3.62. The molecule has 90 valence electrons. The molecule has 1 atom stereocenters. The van der Waals surface area contributed by atoms with Crippen LogP contribution in [-0.2, 0) is 6.42 Å². The average molecular weight is 219 g/mol. The molecule has 0 fully saturated rings. The molecular formula is C15H25N. The van der Waals surface area contributed by atoms with Crippen LogP contribution in [-0.4, -0.2) is 13.1 Å². The van der Waals surface area contributed by atoms with Crippen LogP contribution in [0.25, 0.3) is 0 Å². The molecule has 1 N–H and O–H groups in total. The maximum Gasteiger partial charge on any atom is 0.00646 e. The topological polar surface area (TPSA) is 12.0 Å². The molecule has 0 saturated heterocycles. The summed E-state index contributed by atoms with van der Waals surface area (Å²) in [6, 6.07) is 5.32. The van der Waals surface area contributed by atoms with Crippen molar-refractivity contribution in [3.05, 3.63) is 34.4 Å². The van der Waals surface area contributed by atoms with Gasteiger partial charge in [0.15, 0.2) is 0 Å². The second-order valence-electron chi connectivity index (χ2n) is 4.80. The van der Waals surface area contributed by atoms with Crippen LogP contribution in [0.15, 0.2) is 12.1 Å². The minimum atomic E-state index is 0.654. The lowest BCUT2D eigenvalue weighted by Gasteiger charge is -2.15. The Hall–Kier alpha value is -0.820. The quantitative estimate of drug-likeness (QED) is 0.798. The van der Waals surface area contributed by atoms with Crippen molar-refractivity contribution in [2.75, 3.05) is 7.05 Å². The zero-order chi connectivity index (χ0) is 12.1. The summed E-state index contributed by atoms with van der Waals surface area (Å²) in [4.78, 5) is 0. The first-order valence-electron chi connectivity index (χ1n) is 6.32. The van der Waals surface area contributed by atoms with Gasteiger partial charge >= 0.3 is 0 Å². The number of nitrogens with one attached hydrogen (secondary N) is 1. The Morgan fingerprint density at radius 3 is 2.25 bits per heavy atom. The van der Waals surface area contributed by atoms with E-state index in [9.17, 15) is 0 Å². The van der Waals surface area contributed by atoms with Gasteiger partial charge in [-0.2, -0.15) is 0 Å². The minimum Gasteiger partial charge on any atom is -0.317 e. The van der Waals surface area contributed by atoms with Crippen LogP contribution in [0.4, 0.5) is 0 Å². The Morgan fingerprint density at radius 1 is 1.06 bits per heavy atom. The van der Waals surface area contributed by atoms with Crippen molar-refractivity contribution in [1.82, 2.24) is 5.32 Å². The highest BCUT2D eigenvalue weighted by atomic mass is 14.9.